The maximum Gasteiger partial charge on any atom is 0.251 e. The highest BCUT2D eigenvalue weighted by molar-refractivity contribution is 5.96. The van der Waals surface area contributed by atoms with Crippen molar-refractivity contribution in [3.8, 4) is 17.0 Å². The third kappa shape index (κ3) is 10.0. The van der Waals surface area contributed by atoms with Crippen molar-refractivity contribution >= 4 is 36.0 Å². The molecule has 0 radical (unpaired) electrons. The van der Waals surface area contributed by atoms with Gasteiger partial charge in [0.25, 0.3) is 5.91 Å². The number of carbonyl (C=O) groups excluding carboxylic acids is 3. The van der Waals surface area contributed by atoms with Crippen molar-refractivity contribution in [2.75, 3.05) is 72.8 Å². The SMILES string of the molecule is CCc1cc(Nc2nccn3c(-c4ccc(OC)c(F)c4F)cnc23)ccc1C(=O)NCC1CC[N+](C)(CC2CC[N+](C)(C)C2)CC1.O=C[O-].O=C[O-]. The Kier molecular flexibility index (Phi) is 13.8. The normalized spacial score (nSPS) is 20.3. The topological polar surface area (TPSA) is 161 Å². The van der Waals surface area contributed by atoms with Crippen molar-refractivity contribution < 1.29 is 47.1 Å². The average molecular weight is 738 g/mol. The van der Waals surface area contributed by atoms with Gasteiger partial charge in [-0.05, 0) is 48.2 Å². The fourth-order valence-corrected chi connectivity index (χ4v) is 7.57. The number of benzene rings is 2. The van der Waals surface area contributed by atoms with Crippen LogP contribution >= 0.6 is 0 Å². The van der Waals surface area contributed by atoms with Crippen LogP contribution in [0.1, 0.15) is 42.1 Å². The van der Waals surface area contributed by atoms with Crippen LogP contribution in [0.15, 0.2) is 48.9 Å². The number of carboxylic acid groups (broad SMARTS) is 2. The van der Waals surface area contributed by atoms with Gasteiger partial charge in [0.1, 0.15) is 0 Å². The van der Waals surface area contributed by atoms with Gasteiger partial charge in [-0.3, -0.25) is 9.20 Å². The molecule has 6 rings (SSSR count). The molecule has 1 unspecified atom stereocenters. The van der Waals surface area contributed by atoms with E-state index in [9.17, 15) is 13.6 Å². The molecule has 2 N–H and O–H groups in total. The Morgan fingerprint density at radius 1 is 1.00 bits per heavy atom. The zero-order valence-corrected chi connectivity index (χ0v) is 30.9. The molecule has 2 saturated heterocycles. The van der Waals surface area contributed by atoms with Gasteiger partial charge in [-0.15, -0.1) is 0 Å². The van der Waals surface area contributed by atoms with Crippen LogP contribution in [0.3, 0.4) is 0 Å². The fourth-order valence-electron chi connectivity index (χ4n) is 7.57. The van der Waals surface area contributed by atoms with E-state index in [0.29, 0.717) is 41.6 Å². The maximum atomic E-state index is 14.9. The van der Waals surface area contributed by atoms with Crippen molar-refractivity contribution in [2.45, 2.75) is 32.6 Å². The number of halogens is 2. The van der Waals surface area contributed by atoms with E-state index in [1.165, 1.54) is 64.6 Å². The predicted molar refractivity (Wildman–Crippen MR) is 192 cm³/mol. The van der Waals surface area contributed by atoms with Gasteiger partial charge in [0, 0.05) is 68.0 Å². The van der Waals surface area contributed by atoms with Gasteiger partial charge in [-0.25, -0.2) is 14.4 Å². The molecule has 0 aliphatic carbocycles. The largest absolute Gasteiger partial charge is 0.554 e. The molecule has 0 bridgehead atoms. The van der Waals surface area contributed by atoms with Gasteiger partial charge in [0.15, 0.2) is 23.0 Å². The second kappa shape index (κ2) is 18.1. The van der Waals surface area contributed by atoms with Crippen molar-refractivity contribution in [3.05, 3.63) is 71.7 Å². The number of hydrogen-bond acceptors (Lipinski definition) is 9. The number of piperidine rings is 1. The zero-order chi connectivity index (χ0) is 38.8. The van der Waals surface area contributed by atoms with Crippen molar-refractivity contribution in [1.82, 2.24) is 19.7 Å². The molecule has 15 heteroatoms. The van der Waals surface area contributed by atoms with Crippen LogP contribution in [0.2, 0.25) is 0 Å². The Balaban J connectivity index is 0.000000980. The molecule has 2 fully saturated rings. The predicted octanol–water partition coefficient (Wildman–Crippen LogP) is 2.40. The van der Waals surface area contributed by atoms with E-state index in [1.807, 2.05) is 25.1 Å². The molecule has 2 aliphatic rings. The zero-order valence-electron chi connectivity index (χ0n) is 30.9. The number of methoxy groups -OCH3 is 1. The Morgan fingerprint density at radius 3 is 2.30 bits per heavy atom. The number of fused-ring (bicyclic) bond motifs is 1. The van der Waals surface area contributed by atoms with E-state index in [2.05, 4.69) is 41.7 Å². The van der Waals surface area contributed by atoms with Gasteiger partial charge in [0.05, 0.1) is 78.8 Å². The van der Waals surface area contributed by atoms with Gasteiger partial charge in [0.2, 0.25) is 5.82 Å². The lowest BCUT2D eigenvalue weighted by molar-refractivity contribution is -0.923. The van der Waals surface area contributed by atoms with Gasteiger partial charge in [-0.1, -0.05) is 6.92 Å². The summed E-state index contributed by atoms with van der Waals surface area (Å²) >= 11 is 0. The average Bonchev–Trinajstić information content (AvgIpc) is 3.72. The summed E-state index contributed by atoms with van der Waals surface area (Å²) in [5.74, 6) is -0.513. The second-order valence-corrected chi connectivity index (χ2v) is 14.5. The number of imidazole rings is 1. The molecular weight excluding hydrogens is 688 g/mol. The minimum atomic E-state index is -1.05. The number of aryl methyl sites for hydroxylation is 1. The van der Waals surface area contributed by atoms with Crippen LogP contribution in [0.4, 0.5) is 20.3 Å². The second-order valence-electron chi connectivity index (χ2n) is 14.5. The standard InChI is InChI=1S/C36H46F2N7O2.2CH2O2/c1-6-26-19-27(42-34-35-40-21-30(43(35)15-14-39-34)29-9-10-31(47-5)33(38)32(29)37)7-8-28(26)36(46)41-20-24-12-17-45(4,18-13-24)23-25-11-16-44(2,3)22-25;2*2-1-3/h7-10,14-15,19,21,24-25H,6,11-13,16-18,20,22-23H2,1-5H3,(H-,39,41,42,46);2*1H,(H,2,3)/q+1;;/p-1. The molecule has 1 amide bonds. The van der Waals surface area contributed by atoms with E-state index in [-0.39, 0.29) is 17.2 Å². The Bertz CT molecular complexity index is 1870. The van der Waals surface area contributed by atoms with Gasteiger partial charge < -0.3 is 44.1 Å². The monoisotopic (exact) mass is 737 g/mol. The number of nitrogens with zero attached hydrogens (tertiary/aromatic N) is 5. The first-order valence-corrected chi connectivity index (χ1v) is 17.6. The number of amides is 1. The fraction of sp³-hybridized carbons (Fsp3) is 0.447. The molecule has 13 nitrogen and oxygen atoms in total. The number of ether oxygens (including phenoxy) is 1. The summed E-state index contributed by atoms with van der Waals surface area (Å²) in [5, 5.41) is 23.0. The molecule has 0 saturated carbocycles. The third-order valence-corrected chi connectivity index (χ3v) is 10.3. The number of quaternary nitrogens is 2. The molecule has 286 valence electrons. The lowest BCUT2D eigenvalue weighted by atomic mass is 9.93. The smallest absolute Gasteiger partial charge is 0.251 e. The first kappa shape index (κ1) is 40.6. The van der Waals surface area contributed by atoms with Crippen LogP contribution in [-0.4, -0.2) is 110 Å². The minimum absolute atomic E-state index is 0.0472. The van der Waals surface area contributed by atoms with Crippen LogP contribution < -0.4 is 25.6 Å². The Hall–Kier alpha value is -5.15. The summed E-state index contributed by atoms with van der Waals surface area (Å²) in [5.41, 5.74) is 3.23. The highest BCUT2D eigenvalue weighted by Crippen LogP contribution is 2.32. The maximum absolute atomic E-state index is 14.9. The van der Waals surface area contributed by atoms with E-state index in [0.717, 1.165) is 39.0 Å². The van der Waals surface area contributed by atoms with Crippen LogP contribution in [0, 0.1) is 23.5 Å². The van der Waals surface area contributed by atoms with Crippen LogP contribution in [-0.2, 0) is 16.0 Å². The number of aromatic nitrogens is 3. The summed E-state index contributed by atoms with van der Waals surface area (Å²) in [6.45, 7) is 7.92. The van der Waals surface area contributed by atoms with Gasteiger partial charge in [-0.2, -0.15) is 4.39 Å². The van der Waals surface area contributed by atoms with E-state index in [1.54, 1.807) is 16.8 Å². The number of nitrogens with one attached hydrogen (secondary N) is 2. The number of carbonyl (C=O) groups is 3. The lowest BCUT2D eigenvalue weighted by Gasteiger charge is -2.42. The summed E-state index contributed by atoms with van der Waals surface area (Å²) < 4.78 is 38.2. The number of anilines is 2. The first-order chi connectivity index (χ1) is 25.3. The Labute approximate surface area is 308 Å². The van der Waals surface area contributed by atoms with Crippen LogP contribution in [0.5, 0.6) is 5.75 Å². The van der Waals surface area contributed by atoms with Gasteiger partial charge >= 0.3 is 0 Å². The highest BCUT2D eigenvalue weighted by atomic mass is 19.2. The quantitative estimate of drug-likeness (QED) is 0.184. The lowest BCUT2D eigenvalue weighted by Crippen LogP contribution is -2.53. The van der Waals surface area contributed by atoms with Crippen molar-refractivity contribution in [2.24, 2.45) is 11.8 Å². The molecule has 53 heavy (non-hydrogen) atoms. The van der Waals surface area contributed by atoms with Crippen molar-refractivity contribution in [3.63, 3.8) is 0 Å². The summed E-state index contributed by atoms with van der Waals surface area (Å²) in [6, 6.07) is 8.51. The number of hydrogen-bond donors (Lipinski definition) is 2. The molecule has 4 aromatic rings. The minimum Gasteiger partial charge on any atom is -0.554 e. The summed E-state index contributed by atoms with van der Waals surface area (Å²) in [4.78, 5) is 38.7. The van der Waals surface area contributed by atoms with Crippen LogP contribution in [0.25, 0.3) is 16.9 Å². The molecule has 1 atom stereocenters. The molecule has 4 heterocycles. The van der Waals surface area contributed by atoms with E-state index < -0.39 is 24.6 Å². The van der Waals surface area contributed by atoms with Crippen molar-refractivity contribution in [1.29, 1.82) is 0 Å². The molecular formula is C38H49F2N7O6. The Morgan fingerprint density at radius 2 is 1.68 bits per heavy atom. The molecule has 2 aliphatic heterocycles. The molecule has 2 aromatic heterocycles. The molecule has 0 spiro atoms. The molecule has 2 aromatic carbocycles. The highest BCUT2D eigenvalue weighted by Gasteiger charge is 2.38. The van der Waals surface area contributed by atoms with E-state index >= 15 is 0 Å². The number of rotatable bonds is 10. The van der Waals surface area contributed by atoms with E-state index in [4.69, 9.17) is 24.5 Å². The number of likely N-dealkylation sites (tertiary alicyclic amines) is 2. The third-order valence-electron chi connectivity index (χ3n) is 10.3. The first-order valence-electron chi connectivity index (χ1n) is 17.6. The summed E-state index contributed by atoms with van der Waals surface area (Å²) in [7, 11) is 8.40. The summed E-state index contributed by atoms with van der Waals surface area (Å²) in [6.07, 6.45) is 9.00.